The number of alkyl halides is 3. The Morgan fingerprint density at radius 3 is 2.07 bits per heavy atom. The second-order valence-corrected chi connectivity index (χ2v) is 5.84. The van der Waals surface area contributed by atoms with Crippen molar-refractivity contribution in [3.05, 3.63) is 59.7 Å². The normalized spacial score (nSPS) is 12.0. The van der Waals surface area contributed by atoms with E-state index in [4.69, 9.17) is 15.2 Å². The molecule has 0 spiro atoms. The van der Waals surface area contributed by atoms with E-state index in [0.717, 1.165) is 17.7 Å². The summed E-state index contributed by atoms with van der Waals surface area (Å²) < 4.78 is 48.2. The second-order valence-electron chi connectivity index (χ2n) is 5.84. The number of halogens is 4. The van der Waals surface area contributed by atoms with Crippen molar-refractivity contribution in [2.45, 2.75) is 25.2 Å². The van der Waals surface area contributed by atoms with Crippen LogP contribution in [0, 0.1) is 0 Å². The monoisotopic (exact) mass is 418 g/mol. The van der Waals surface area contributed by atoms with E-state index >= 15 is 0 Å². The number of benzene rings is 2. The topological polar surface area (TPSA) is 73.6 Å². The van der Waals surface area contributed by atoms with E-state index in [-0.39, 0.29) is 37.4 Å². The number of rotatable bonds is 8. The number of nitrogens with one attached hydrogen (secondary N) is 1. The van der Waals surface area contributed by atoms with Gasteiger partial charge in [0.1, 0.15) is 11.5 Å². The molecule has 0 bridgehead atoms. The summed E-state index contributed by atoms with van der Waals surface area (Å²) in [6.07, 6.45) is -4.51. The molecule has 1 amide bonds. The van der Waals surface area contributed by atoms with Crippen molar-refractivity contribution in [3.8, 4) is 11.5 Å². The van der Waals surface area contributed by atoms with Crippen LogP contribution >= 0.6 is 12.4 Å². The third-order valence-electron chi connectivity index (χ3n) is 3.84. The summed E-state index contributed by atoms with van der Waals surface area (Å²) in [6, 6.07) is 11.3. The Bertz CT molecular complexity index is 734. The average Bonchev–Trinajstić information content (AvgIpc) is 2.65. The molecule has 9 heteroatoms. The number of hydrogen-bond acceptors (Lipinski definition) is 4. The molecule has 0 saturated carbocycles. The Balaban J connectivity index is 0.00000392. The fourth-order valence-electron chi connectivity index (χ4n) is 2.27. The van der Waals surface area contributed by atoms with Crippen molar-refractivity contribution in [2.75, 3.05) is 13.7 Å². The fraction of sp³-hybridized carbons (Fsp3) is 0.316. The minimum absolute atomic E-state index is 0. The van der Waals surface area contributed by atoms with E-state index in [2.05, 4.69) is 5.32 Å². The van der Waals surface area contributed by atoms with Crippen LogP contribution in [0.4, 0.5) is 13.2 Å². The SMILES string of the molecule is COC(CN)CC(=O)NCc1ccc(Oc2ccc(C(F)(F)F)cc2)cc1.Cl. The predicted octanol–water partition coefficient (Wildman–Crippen LogP) is 3.90. The van der Waals surface area contributed by atoms with Gasteiger partial charge in [-0.2, -0.15) is 13.2 Å². The lowest BCUT2D eigenvalue weighted by molar-refractivity contribution is -0.137. The van der Waals surface area contributed by atoms with E-state index in [1.165, 1.54) is 19.2 Å². The Morgan fingerprint density at radius 1 is 1.07 bits per heavy atom. The fourth-order valence-corrected chi connectivity index (χ4v) is 2.27. The highest BCUT2D eigenvalue weighted by molar-refractivity contribution is 5.85. The lowest BCUT2D eigenvalue weighted by Gasteiger charge is -2.13. The van der Waals surface area contributed by atoms with Gasteiger partial charge in [0.05, 0.1) is 18.1 Å². The maximum absolute atomic E-state index is 12.5. The number of methoxy groups -OCH3 is 1. The average molecular weight is 419 g/mol. The molecule has 28 heavy (non-hydrogen) atoms. The number of nitrogens with two attached hydrogens (primary N) is 1. The lowest BCUT2D eigenvalue weighted by Crippen LogP contribution is -2.31. The van der Waals surface area contributed by atoms with Gasteiger partial charge >= 0.3 is 6.18 Å². The van der Waals surface area contributed by atoms with Crippen LogP contribution in [0.15, 0.2) is 48.5 Å². The molecule has 0 heterocycles. The first kappa shape index (κ1) is 23.7. The van der Waals surface area contributed by atoms with Gasteiger partial charge in [0.15, 0.2) is 0 Å². The Hall–Kier alpha value is -2.29. The lowest BCUT2D eigenvalue weighted by atomic mass is 10.2. The van der Waals surface area contributed by atoms with Crippen LogP contribution < -0.4 is 15.8 Å². The number of carbonyl (C=O) groups excluding carboxylic acids is 1. The first-order valence-corrected chi connectivity index (χ1v) is 8.25. The Labute approximate surface area is 167 Å². The summed E-state index contributed by atoms with van der Waals surface area (Å²) >= 11 is 0. The van der Waals surface area contributed by atoms with E-state index < -0.39 is 11.7 Å². The van der Waals surface area contributed by atoms with Crippen molar-refractivity contribution in [1.29, 1.82) is 0 Å². The molecule has 0 aliphatic carbocycles. The third-order valence-corrected chi connectivity index (χ3v) is 3.84. The van der Waals surface area contributed by atoms with Gasteiger partial charge in [-0.05, 0) is 42.0 Å². The van der Waals surface area contributed by atoms with Gasteiger partial charge in [-0.25, -0.2) is 0 Å². The minimum Gasteiger partial charge on any atom is -0.457 e. The minimum atomic E-state index is -4.38. The molecule has 3 N–H and O–H groups in total. The Kier molecular flexibility index (Phi) is 9.24. The van der Waals surface area contributed by atoms with Gasteiger partial charge in [-0.1, -0.05) is 12.1 Å². The molecule has 0 radical (unpaired) electrons. The largest absolute Gasteiger partial charge is 0.457 e. The van der Waals surface area contributed by atoms with Crippen LogP contribution in [-0.2, 0) is 22.3 Å². The van der Waals surface area contributed by atoms with Crippen LogP contribution in [0.1, 0.15) is 17.5 Å². The molecule has 2 rings (SSSR count). The van der Waals surface area contributed by atoms with Crippen LogP contribution in [0.3, 0.4) is 0 Å². The number of amides is 1. The van der Waals surface area contributed by atoms with Crippen molar-refractivity contribution < 1.29 is 27.4 Å². The Morgan fingerprint density at radius 2 is 1.61 bits per heavy atom. The highest BCUT2D eigenvalue weighted by atomic mass is 35.5. The van der Waals surface area contributed by atoms with Gasteiger partial charge in [-0.15, -0.1) is 12.4 Å². The number of hydrogen-bond donors (Lipinski definition) is 2. The van der Waals surface area contributed by atoms with Crippen LogP contribution in [0.25, 0.3) is 0 Å². The first-order chi connectivity index (χ1) is 12.8. The molecule has 1 atom stereocenters. The van der Waals surface area contributed by atoms with Crippen molar-refractivity contribution in [3.63, 3.8) is 0 Å². The summed E-state index contributed by atoms with van der Waals surface area (Å²) in [7, 11) is 1.50. The molecular formula is C19H22ClF3N2O3. The maximum atomic E-state index is 12.5. The third kappa shape index (κ3) is 7.38. The van der Waals surface area contributed by atoms with Gasteiger partial charge in [0, 0.05) is 20.2 Å². The molecular weight excluding hydrogens is 397 g/mol. The van der Waals surface area contributed by atoms with Crippen molar-refractivity contribution >= 4 is 18.3 Å². The smallest absolute Gasteiger partial charge is 0.416 e. The number of carbonyl (C=O) groups is 1. The summed E-state index contributed by atoms with van der Waals surface area (Å²) in [6.45, 7) is 0.598. The van der Waals surface area contributed by atoms with Crippen LogP contribution in [0.2, 0.25) is 0 Å². The molecule has 154 valence electrons. The quantitative estimate of drug-likeness (QED) is 0.682. The molecule has 2 aromatic carbocycles. The summed E-state index contributed by atoms with van der Waals surface area (Å²) in [5.74, 6) is 0.612. The molecule has 0 saturated heterocycles. The van der Waals surface area contributed by atoms with Gasteiger partial charge < -0.3 is 20.5 Å². The van der Waals surface area contributed by atoms with Crippen LogP contribution in [0.5, 0.6) is 11.5 Å². The van der Waals surface area contributed by atoms with E-state index in [9.17, 15) is 18.0 Å². The molecule has 5 nitrogen and oxygen atoms in total. The van der Waals surface area contributed by atoms with Gasteiger partial charge in [0.25, 0.3) is 0 Å². The molecule has 0 fully saturated rings. The number of ether oxygens (including phenoxy) is 2. The second kappa shape index (κ2) is 10.9. The molecule has 2 aromatic rings. The highest BCUT2D eigenvalue weighted by Gasteiger charge is 2.30. The predicted molar refractivity (Wildman–Crippen MR) is 102 cm³/mol. The van der Waals surface area contributed by atoms with Crippen molar-refractivity contribution in [2.24, 2.45) is 5.73 Å². The zero-order chi connectivity index (χ0) is 19.9. The van der Waals surface area contributed by atoms with E-state index in [1.807, 2.05) is 0 Å². The van der Waals surface area contributed by atoms with Crippen LogP contribution in [-0.4, -0.2) is 25.7 Å². The van der Waals surface area contributed by atoms with Gasteiger partial charge in [-0.3, -0.25) is 4.79 Å². The molecule has 0 aliphatic rings. The van der Waals surface area contributed by atoms with E-state index in [0.29, 0.717) is 18.0 Å². The zero-order valence-corrected chi connectivity index (χ0v) is 16.0. The highest BCUT2D eigenvalue weighted by Crippen LogP contribution is 2.31. The molecule has 0 aliphatic heterocycles. The standard InChI is InChI=1S/C19H21F3N2O3.ClH/c1-26-17(11-23)10-18(25)24-12-13-2-6-15(7-3-13)27-16-8-4-14(5-9-16)19(20,21)22;/h2-9,17H,10-12,23H2,1H3,(H,24,25);1H. The van der Waals surface area contributed by atoms with Gasteiger partial charge in [0.2, 0.25) is 5.91 Å². The summed E-state index contributed by atoms with van der Waals surface area (Å²) in [5.41, 5.74) is 5.60. The first-order valence-electron chi connectivity index (χ1n) is 8.25. The van der Waals surface area contributed by atoms with E-state index in [1.54, 1.807) is 24.3 Å². The zero-order valence-electron chi connectivity index (χ0n) is 15.2. The molecule has 1 unspecified atom stereocenters. The molecule has 0 aromatic heterocycles. The summed E-state index contributed by atoms with van der Waals surface area (Å²) in [4.78, 5) is 11.8. The van der Waals surface area contributed by atoms with Crippen molar-refractivity contribution in [1.82, 2.24) is 5.32 Å². The summed E-state index contributed by atoms with van der Waals surface area (Å²) in [5, 5.41) is 2.77. The maximum Gasteiger partial charge on any atom is 0.416 e.